The minimum atomic E-state index is -4.53. The van der Waals surface area contributed by atoms with Crippen molar-refractivity contribution < 1.29 is 21.6 Å². The lowest BCUT2D eigenvalue weighted by atomic mass is 10.0. The number of hydrogen-bond donors (Lipinski definition) is 3. The van der Waals surface area contributed by atoms with Crippen molar-refractivity contribution >= 4 is 38.1 Å². The summed E-state index contributed by atoms with van der Waals surface area (Å²) >= 11 is 0. The molecule has 0 amide bonds. The first-order chi connectivity index (χ1) is 15.4. The average Bonchev–Trinajstić information content (AvgIpc) is 2.76. The Morgan fingerprint density at radius 3 is 2.61 bits per heavy atom. The molecule has 2 atom stereocenters. The summed E-state index contributed by atoms with van der Waals surface area (Å²) in [7, 11) is -4.53. The summed E-state index contributed by atoms with van der Waals surface area (Å²) < 4.78 is 67.9. The number of rotatable bonds is 7. The molecule has 3 aromatic rings. The lowest BCUT2D eigenvalue weighted by molar-refractivity contribution is 0.375. The summed E-state index contributed by atoms with van der Waals surface area (Å²) in [6.07, 6.45) is 2.19. The van der Waals surface area contributed by atoms with Gasteiger partial charge in [-0.2, -0.15) is 5.26 Å². The van der Waals surface area contributed by atoms with Crippen molar-refractivity contribution in [2.24, 2.45) is 5.73 Å². The molecule has 2 aromatic heterocycles. The maximum absolute atomic E-state index is 14.5. The number of nitriles is 1. The molecule has 0 saturated carbocycles. The van der Waals surface area contributed by atoms with Gasteiger partial charge in [0.05, 0.1) is 17.5 Å². The van der Waals surface area contributed by atoms with Gasteiger partial charge in [-0.3, -0.25) is 10.4 Å². The molecule has 1 aromatic carbocycles. The average molecular weight is 476 g/mol. The van der Waals surface area contributed by atoms with Crippen LogP contribution in [0.15, 0.2) is 36.7 Å². The van der Waals surface area contributed by atoms with Crippen molar-refractivity contribution in [1.29, 1.82) is 10.7 Å². The van der Waals surface area contributed by atoms with Crippen molar-refractivity contribution in [1.82, 2.24) is 9.97 Å². The fourth-order valence-corrected chi connectivity index (χ4v) is 4.60. The Hall–Kier alpha value is -3.72. The van der Waals surface area contributed by atoms with Gasteiger partial charge in [-0.05, 0) is 42.7 Å². The number of hydrogen-bond acceptors (Lipinski definition) is 7. The van der Waals surface area contributed by atoms with E-state index in [-0.39, 0.29) is 33.5 Å². The summed E-state index contributed by atoms with van der Waals surface area (Å²) in [6, 6.07) is 6.95. The Morgan fingerprint density at radius 2 is 1.97 bits per heavy atom. The zero-order chi connectivity index (χ0) is 24.6. The predicted molar refractivity (Wildman–Crippen MR) is 118 cm³/mol. The number of nitrogens with zero attached hydrogens (tertiary/aromatic N) is 3. The number of halogens is 3. The molecule has 33 heavy (non-hydrogen) atoms. The van der Waals surface area contributed by atoms with Crippen LogP contribution < -0.4 is 11.1 Å². The number of nitrogens with one attached hydrogen (secondary N) is 2. The number of nitrogens with two attached hydrogens (primary N) is 1. The molecule has 0 aliphatic carbocycles. The van der Waals surface area contributed by atoms with Crippen LogP contribution in [0.1, 0.15) is 30.9 Å². The van der Waals surface area contributed by atoms with Crippen LogP contribution in [-0.2, 0) is 9.84 Å². The Kier molecular flexibility index (Phi) is 6.29. The van der Waals surface area contributed by atoms with Crippen molar-refractivity contribution in [3.05, 3.63) is 59.4 Å². The summed E-state index contributed by atoms with van der Waals surface area (Å²) in [5.41, 5.74) is 5.61. The zero-order valence-electron chi connectivity index (χ0n) is 17.5. The first kappa shape index (κ1) is 23.9. The third-order valence-electron chi connectivity index (χ3n) is 5.13. The molecule has 8 nitrogen and oxygen atoms in total. The van der Waals surface area contributed by atoms with E-state index >= 15 is 0 Å². The van der Waals surface area contributed by atoms with Crippen molar-refractivity contribution in [2.75, 3.05) is 11.1 Å². The van der Waals surface area contributed by atoms with Gasteiger partial charge in [-0.25, -0.2) is 26.6 Å². The van der Waals surface area contributed by atoms with E-state index in [0.29, 0.717) is 6.92 Å². The normalized spacial score (nSPS) is 14.3. The van der Waals surface area contributed by atoms with Gasteiger partial charge >= 0.3 is 0 Å². The molecule has 0 radical (unpaired) electrons. The number of amidine groups is 1. The third kappa shape index (κ3) is 4.58. The largest absolute Gasteiger partial charge is 0.384 e. The Bertz CT molecular complexity index is 1400. The third-order valence-corrected chi connectivity index (χ3v) is 7.46. The molecule has 4 N–H and O–H groups in total. The molecule has 12 heteroatoms. The van der Waals surface area contributed by atoms with E-state index in [1.807, 2.05) is 6.07 Å². The molecular weight excluding hydrogens is 457 g/mol. The van der Waals surface area contributed by atoms with Crippen LogP contribution in [0.4, 0.5) is 24.7 Å². The van der Waals surface area contributed by atoms with E-state index in [9.17, 15) is 21.6 Å². The molecule has 0 bridgehead atoms. The van der Waals surface area contributed by atoms with E-state index in [4.69, 9.17) is 16.4 Å². The van der Waals surface area contributed by atoms with Crippen LogP contribution in [0.5, 0.6) is 0 Å². The van der Waals surface area contributed by atoms with E-state index < -0.39 is 44.0 Å². The highest BCUT2D eigenvalue weighted by Crippen LogP contribution is 2.31. The van der Waals surface area contributed by atoms with Gasteiger partial charge < -0.3 is 11.1 Å². The smallest absolute Gasteiger partial charge is 0.263 e. The van der Waals surface area contributed by atoms with E-state index in [1.54, 1.807) is 0 Å². The lowest BCUT2D eigenvalue weighted by Crippen LogP contribution is -2.45. The van der Waals surface area contributed by atoms with Crippen molar-refractivity contribution in [3.63, 3.8) is 0 Å². The molecule has 0 saturated heterocycles. The second-order valence-corrected chi connectivity index (χ2v) is 9.89. The van der Waals surface area contributed by atoms with Crippen LogP contribution >= 0.6 is 0 Å². The van der Waals surface area contributed by atoms with Gasteiger partial charge in [0, 0.05) is 17.3 Å². The summed E-state index contributed by atoms with van der Waals surface area (Å²) in [5, 5.41) is 16.0. The molecular formula is C21H19F3N6O2S. The topological polar surface area (TPSA) is 146 Å². The molecule has 0 aliphatic rings. The van der Waals surface area contributed by atoms with E-state index in [0.717, 1.165) is 12.3 Å². The van der Waals surface area contributed by atoms with Gasteiger partial charge in [0.15, 0.2) is 21.5 Å². The molecule has 0 spiro atoms. The van der Waals surface area contributed by atoms with Crippen LogP contribution in [0.3, 0.4) is 0 Å². The number of pyridine rings is 2. The maximum Gasteiger partial charge on any atom is 0.263 e. The minimum Gasteiger partial charge on any atom is -0.384 e. The molecule has 0 fully saturated rings. The van der Waals surface area contributed by atoms with Crippen LogP contribution in [0.2, 0.25) is 0 Å². The highest BCUT2D eigenvalue weighted by atomic mass is 32.2. The number of benzene rings is 1. The quantitative estimate of drug-likeness (QED) is 0.348. The fraction of sp³-hybridized carbons (Fsp3) is 0.238. The second kappa shape index (κ2) is 8.67. The molecule has 2 heterocycles. The van der Waals surface area contributed by atoms with Crippen molar-refractivity contribution in [3.8, 4) is 6.07 Å². The summed E-state index contributed by atoms with van der Waals surface area (Å²) in [5.74, 6) is -4.22. The maximum atomic E-state index is 14.5. The Balaban J connectivity index is 1.95. The summed E-state index contributed by atoms with van der Waals surface area (Å²) in [6.45, 7) is 2.06. The second-order valence-electron chi connectivity index (χ2n) is 7.56. The zero-order valence-corrected chi connectivity index (χ0v) is 18.3. The van der Waals surface area contributed by atoms with Crippen LogP contribution in [0, 0.1) is 28.4 Å². The minimum absolute atomic E-state index is 0.0333. The highest BCUT2D eigenvalue weighted by Gasteiger charge is 2.43. The van der Waals surface area contributed by atoms with Gasteiger partial charge in [-0.1, -0.05) is 6.92 Å². The van der Waals surface area contributed by atoms with Crippen LogP contribution in [-0.4, -0.2) is 35.0 Å². The van der Waals surface area contributed by atoms with Gasteiger partial charge in [0.1, 0.15) is 23.2 Å². The van der Waals surface area contributed by atoms with E-state index in [1.165, 1.54) is 31.3 Å². The number of aromatic nitrogens is 2. The highest BCUT2D eigenvalue weighted by molar-refractivity contribution is 7.93. The number of fused-ring (bicyclic) bond motifs is 1. The molecule has 3 rings (SSSR count). The Labute approximate surface area is 187 Å². The fourth-order valence-electron chi connectivity index (χ4n) is 3.12. The van der Waals surface area contributed by atoms with Crippen molar-refractivity contribution in [2.45, 2.75) is 24.8 Å². The van der Waals surface area contributed by atoms with Gasteiger partial charge in [-0.15, -0.1) is 0 Å². The number of anilines is 2. The molecule has 172 valence electrons. The van der Waals surface area contributed by atoms with Gasteiger partial charge in [0.2, 0.25) is 0 Å². The molecule has 0 unspecified atom stereocenters. The Morgan fingerprint density at radius 1 is 1.27 bits per heavy atom. The SMILES string of the molecule is C[C@H](CS(=O)(=O)[C@@](C)(F)C(=N)N)c1cc(Nc2ncc(F)c3cc(C#N)cnc23)ccc1F. The van der Waals surface area contributed by atoms with Crippen LogP contribution in [0.25, 0.3) is 10.9 Å². The molecule has 0 aliphatic heterocycles. The monoisotopic (exact) mass is 476 g/mol. The number of alkyl halides is 1. The lowest BCUT2D eigenvalue weighted by Gasteiger charge is -2.22. The summed E-state index contributed by atoms with van der Waals surface area (Å²) in [4.78, 5) is 8.02. The van der Waals surface area contributed by atoms with E-state index in [2.05, 4.69) is 15.3 Å². The standard InChI is InChI=1S/C21H19F3N6O2S/c1-11(10-33(31,32)21(2,24)20(26)27)14-6-13(3-4-16(14)22)30-19-18-15(17(23)9-29-19)5-12(7-25)8-28-18/h3-6,8-9,11H,10H2,1-2H3,(H3,26,27)(H,29,30)/t11-,21-/m1/s1. The first-order valence-corrected chi connectivity index (χ1v) is 11.2. The predicted octanol–water partition coefficient (Wildman–Crippen LogP) is 3.66. The number of sulfone groups is 1. The van der Waals surface area contributed by atoms with Gasteiger partial charge in [0.25, 0.3) is 5.00 Å². The first-order valence-electron chi connectivity index (χ1n) is 9.54.